The lowest BCUT2D eigenvalue weighted by Crippen LogP contribution is -2.60. The van der Waals surface area contributed by atoms with E-state index in [2.05, 4.69) is 44.8 Å². The molecule has 108 valence electrons. The highest BCUT2D eigenvalue weighted by molar-refractivity contribution is 5.00. The maximum absolute atomic E-state index is 6.22. The number of rotatable bonds is 6. The zero-order valence-electron chi connectivity index (χ0n) is 13.1. The zero-order chi connectivity index (χ0) is 13.8. The van der Waals surface area contributed by atoms with Crippen LogP contribution in [-0.4, -0.2) is 56.1 Å². The summed E-state index contributed by atoms with van der Waals surface area (Å²) in [5, 5.41) is 0. The Bertz CT molecular complexity index is 240. The van der Waals surface area contributed by atoms with E-state index >= 15 is 0 Å². The van der Waals surface area contributed by atoms with Crippen LogP contribution < -0.4 is 5.73 Å². The summed E-state index contributed by atoms with van der Waals surface area (Å²) in [6.45, 7) is 7.76. The van der Waals surface area contributed by atoms with E-state index < -0.39 is 0 Å². The molecule has 0 radical (unpaired) electrons. The van der Waals surface area contributed by atoms with Crippen LogP contribution in [0.5, 0.6) is 0 Å². The van der Waals surface area contributed by atoms with Crippen molar-refractivity contribution in [2.75, 3.05) is 40.8 Å². The van der Waals surface area contributed by atoms with Gasteiger partial charge in [-0.05, 0) is 45.8 Å². The molecule has 1 aliphatic rings. The molecule has 2 N–H and O–H groups in total. The SMILES string of the molecule is CC(C)C1CCCCC1(CN)N(C)CCN(C)C. The topological polar surface area (TPSA) is 32.5 Å². The molecule has 0 aliphatic heterocycles. The molecule has 3 nitrogen and oxygen atoms in total. The maximum Gasteiger partial charge on any atom is 0.0359 e. The van der Waals surface area contributed by atoms with Gasteiger partial charge in [0.2, 0.25) is 0 Å². The second kappa shape index (κ2) is 6.88. The van der Waals surface area contributed by atoms with Crippen LogP contribution in [0.1, 0.15) is 39.5 Å². The van der Waals surface area contributed by atoms with E-state index in [9.17, 15) is 0 Å². The van der Waals surface area contributed by atoms with E-state index in [1.807, 2.05) is 0 Å². The molecule has 2 atom stereocenters. The van der Waals surface area contributed by atoms with Crippen molar-refractivity contribution in [3.8, 4) is 0 Å². The quantitative estimate of drug-likeness (QED) is 0.788. The van der Waals surface area contributed by atoms with Gasteiger partial charge < -0.3 is 10.6 Å². The molecule has 1 fully saturated rings. The summed E-state index contributed by atoms with van der Waals surface area (Å²) in [5.74, 6) is 1.49. The molecule has 3 heteroatoms. The van der Waals surface area contributed by atoms with Gasteiger partial charge in [-0.1, -0.05) is 26.7 Å². The molecule has 0 saturated heterocycles. The third-order valence-electron chi connectivity index (χ3n) is 4.87. The summed E-state index contributed by atoms with van der Waals surface area (Å²) >= 11 is 0. The summed E-state index contributed by atoms with van der Waals surface area (Å²) in [6.07, 6.45) is 5.34. The molecule has 1 rings (SSSR count). The molecule has 0 amide bonds. The standard InChI is InChI=1S/C15H33N3/c1-13(2)14-8-6-7-9-15(14,12-16)18(5)11-10-17(3)4/h13-14H,6-12,16H2,1-5H3. The Kier molecular flexibility index (Phi) is 6.09. The minimum atomic E-state index is 0.239. The minimum absolute atomic E-state index is 0.239. The highest BCUT2D eigenvalue weighted by atomic mass is 15.2. The van der Waals surface area contributed by atoms with E-state index in [0.29, 0.717) is 0 Å². The van der Waals surface area contributed by atoms with Crippen LogP contribution in [0.15, 0.2) is 0 Å². The predicted molar refractivity (Wildman–Crippen MR) is 79.8 cm³/mol. The number of hydrogen-bond acceptors (Lipinski definition) is 3. The summed E-state index contributed by atoms with van der Waals surface area (Å²) in [6, 6.07) is 0. The maximum atomic E-state index is 6.22. The van der Waals surface area contributed by atoms with Crippen molar-refractivity contribution in [2.24, 2.45) is 17.6 Å². The first-order valence-corrected chi connectivity index (χ1v) is 7.50. The van der Waals surface area contributed by atoms with Gasteiger partial charge in [0.25, 0.3) is 0 Å². The van der Waals surface area contributed by atoms with Gasteiger partial charge in [-0.25, -0.2) is 0 Å². The van der Waals surface area contributed by atoms with Gasteiger partial charge >= 0.3 is 0 Å². The first-order chi connectivity index (χ1) is 8.44. The lowest BCUT2D eigenvalue weighted by molar-refractivity contribution is 0.000617. The van der Waals surface area contributed by atoms with Crippen LogP contribution >= 0.6 is 0 Å². The van der Waals surface area contributed by atoms with Crippen LogP contribution in [0.3, 0.4) is 0 Å². The van der Waals surface area contributed by atoms with Gasteiger partial charge in [-0.15, -0.1) is 0 Å². The summed E-state index contributed by atoms with van der Waals surface area (Å²) in [7, 11) is 6.56. The number of nitrogens with two attached hydrogens (primary N) is 1. The average molecular weight is 255 g/mol. The van der Waals surface area contributed by atoms with Crippen molar-refractivity contribution in [2.45, 2.75) is 45.1 Å². The minimum Gasteiger partial charge on any atom is -0.329 e. The Hall–Kier alpha value is -0.120. The third kappa shape index (κ3) is 3.46. The van der Waals surface area contributed by atoms with Crippen molar-refractivity contribution < 1.29 is 0 Å². The highest BCUT2D eigenvalue weighted by Gasteiger charge is 2.43. The second-order valence-electron chi connectivity index (χ2n) is 6.63. The summed E-state index contributed by atoms with van der Waals surface area (Å²) < 4.78 is 0. The Morgan fingerprint density at radius 1 is 1.17 bits per heavy atom. The van der Waals surface area contributed by atoms with Gasteiger partial charge in [-0.2, -0.15) is 0 Å². The fraction of sp³-hybridized carbons (Fsp3) is 1.00. The van der Waals surface area contributed by atoms with Crippen molar-refractivity contribution in [1.82, 2.24) is 9.80 Å². The predicted octanol–water partition coefficient (Wildman–Crippen LogP) is 2.02. The smallest absolute Gasteiger partial charge is 0.0359 e. The van der Waals surface area contributed by atoms with Crippen LogP contribution in [-0.2, 0) is 0 Å². The van der Waals surface area contributed by atoms with E-state index in [-0.39, 0.29) is 5.54 Å². The largest absolute Gasteiger partial charge is 0.329 e. The molecule has 2 unspecified atom stereocenters. The molecule has 1 aliphatic carbocycles. The Labute approximate surface area is 114 Å². The molecule has 1 saturated carbocycles. The Morgan fingerprint density at radius 2 is 1.83 bits per heavy atom. The molecule has 0 aromatic heterocycles. The highest BCUT2D eigenvalue weighted by Crippen LogP contribution is 2.41. The van der Waals surface area contributed by atoms with Gasteiger partial charge in [-0.3, -0.25) is 4.90 Å². The number of nitrogens with zero attached hydrogens (tertiary/aromatic N) is 2. The Balaban J connectivity index is 2.79. The number of hydrogen-bond donors (Lipinski definition) is 1. The molecule has 18 heavy (non-hydrogen) atoms. The molecule has 0 heterocycles. The lowest BCUT2D eigenvalue weighted by atomic mass is 9.67. The molecular formula is C15H33N3. The molecule has 0 aromatic rings. The van der Waals surface area contributed by atoms with Crippen molar-refractivity contribution in [1.29, 1.82) is 0 Å². The van der Waals surface area contributed by atoms with Gasteiger partial charge in [0, 0.05) is 25.2 Å². The zero-order valence-corrected chi connectivity index (χ0v) is 13.1. The van der Waals surface area contributed by atoms with E-state index in [1.165, 1.54) is 25.7 Å². The summed E-state index contributed by atoms with van der Waals surface area (Å²) in [4.78, 5) is 4.81. The first kappa shape index (κ1) is 15.9. The monoisotopic (exact) mass is 255 g/mol. The average Bonchev–Trinajstić information content (AvgIpc) is 2.35. The third-order valence-corrected chi connectivity index (χ3v) is 4.87. The fourth-order valence-electron chi connectivity index (χ4n) is 3.66. The second-order valence-corrected chi connectivity index (χ2v) is 6.63. The van der Waals surface area contributed by atoms with Gasteiger partial charge in [0.05, 0.1) is 0 Å². The van der Waals surface area contributed by atoms with Crippen molar-refractivity contribution in [3.63, 3.8) is 0 Å². The fourth-order valence-corrected chi connectivity index (χ4v) is 3.66. The summed E-state index contributed by atoms with van der Waals surface area (Å²) in [5.41, 5.74) is 6.46. The van der Waals surface area contributed by atoms with E-state index in [1.54, 1.807) is 0 Å². The van der Waals surface area contributed by atoms with Gasteiger partial charge in [0.15, 0.2) is 0 Å². The molecule has 0 aromatic carbocycles. The van der Waals surface area contributed by atoms with E-state index in [0.717, 1.165) is 31.5 Å². The van der Waals surface area contributed by atoms with Gasteiger partial charge in [0.1, 0.15) is 0 Å². The Morgan fingerprint density at radius 3 is 2.33 bits per heavy atom. The molecular weight excluding hydrogens is 222 g/mol. The molecule has 0 bridgehead atoms. The first-order valence-electron chi connectivity index (χ1n) is 7.50. The van der Waals surface area contributed by atoms with Crippen LogP contribution in [0.2, 0.25) is 0 Å². The molecule has 0 spiro atoms. The van der Waals surface area contributed by atoms with Crippen LogP contribution in [0.25, 0.3) is 0 Å². The normalized spacial score (nSPS) is 29.5. The van der Waals surface area contributed by atoms with Crippen molar-refractivity contribution >= 4 is 0 Å². The van der Waals surface area contributed by atoms with Crippen LogP contribution in [0.4, 0.5) is 0 Å². The lowest BCUT2D eigenvalue weighted by Gasteiger charge is -2.51. The number of likely N-dealkylation sites (N-methyl/N-ethyl adjacent to an activating group) is 2. The van der Waals surface area contributed by atoms with Crippen LogP contribution in [0, 0.1) is 11.8 Å². The van der Waals surface area contributed by atoms with Crippen molar-refractivity contribution in [3.05, 3.63) is 0 Å². The van der Waals surface area contributed by atoms with E-state index in [4.69, 9.17) is 5.73 Å².